The Labute approximate surface area is 108 Å². The molecule has 0 nitrogen and oxygen atoms in total. The third-order valence-corrected chi connectivity index (χ3v) is 4.59. The van der Waals surface area contributed by atoms with Crippen molar-refractivity contribution >= 4 is 11.8 Å². The van der Waals surface area contributed by atoms with Crippen LogP contribution < -0.4 is 0 Å². The summed E-state index contributed by atoms with van der Waals surface area (Å²) >= 11 is 1.86. The molecule has 2 aromatic carbocycles. The van der Waals surface area contributed by atoms with E-state index in [-0.39, 0.29) is 0 Å². The van der Waals surface area contributed by atoms with Crippen LogP contribution in [0, 0.1) is 27.7 Å². The maximum Gasteiger partial charge on any atom is 0.0183 e. The molecule has 2 rings (SSSR count). The van der Waals surface area contributed by atoms with Crippen LogP contribution >= 0.6 is 11.8 Å². The zero-order chi connectivity index (χ0) is 12.4. The van der Waals surface area contributed by atoms with E-state index in [0.717, 1.165) is 0 Å². The maximum absolute atomic E-state index is 2.29. The molecule has 2 aromatic rings. The lowest BCUT2D eigenvalue weighted by Gasteiger charge is -2.14. The molecule has 17 heavy (non-hydrogen) atoms. The molecule has 0 N–H and O–H groups in total. The van der Waals surface area contributed by atoms with Crippen LogP contribution in [-0.4, -0.2) is 0 Å². The van der Waals surface area contributed by atoms with Crippen molar-refractivity contribution in [3.63, 3.8) is 0 Å². The Morgan fingerprint density at radius 3 is 2.06 bits per heavy atom. The van der Waals surface area contributed by atoms with E-state index < -0.39 is 0 Å². The Hall–Kier alpha value is -1.21. The minimum absolute atomic E-state index is 1.31. The van der Waals surface area contributed by atoms with Gasteiger partial charge in [0, 0.05) is 9.79 Å². The molecular formula is C16H18S. The second-order valence-electron chi connectivity index (χ2n) is 4.50. The monoisotopic (exact) mass is 242 g/mol. The summed E-state index contributed by atoms with van der Waals surface area (Å²) in [5, 5.41) is 0. The van der Waals surface area contributed by atoms with Gasteiger partial charge in [-0.05, 0) is 62.1 Å². The molecule has 0 heterocycles. The van der Waals surface area contributed by atoms with E-state index in [4.69, 9.17) is 0 Å². The van der Waals surface area contributed by atoms with Gasteiger partial charge in [-0.2, -0.15) is 0 Å². The Balaban J connectivity index is 2.43. The number of hydrogen-bond acceptors (Lipinski definition) is 1. The maximum atomic E-state index is 2.29. The second-order valence-corrected chi connectivity index (χ2v) is 5.59. The molecule has 0 bridgehead atoms. The first-order valence-corrected chi connectivity index (χ1v) is 6.71. The van der Waals surface area contributed by atoms with Crippen molar-refractivity contribution in [2.75, 3.05) is 0 Å². The van der Waals surface area contributed by atoms with Crippen LogP contribution in [0.25, 0.3) is 0 Å². The first-order chi connectivity index (χ1) is 8.09. The number of rotatable bonds is 2. The number of aryl methyl sites for hydroxylation is 2. The van der Waals surface area contributed by atoms with Gasteiger partial charge < -0.3 is 0 Å². The van der Waals surface area contributed by atoms with E-state index >= 15 is 0 Å². The predicted molar refractivity (Wildman–Crippen MR) is 76.0 cm³/mol. The zero-order valence-electron chi connectivity index (χ0n) is 10.9. The smallest absolute Gasteiger partial charge is 0.0183 e. The van der Waals surface area contributed by atoms with E-state index in [1.807, 2.05) is 11.8 Å². The molecule has 0 radical (unpaired) electrons. The molecule has 0 aliphatic carbocycles. The Bertz CT molecular complexity index is 527. The van der Waals surface area contributed by atoms with Crippen LogP contribution in [0.3, 0.4) is 0 Å². The summed E-state index contributed by atoms with van der Waals surface area (Å²) in [6.45, 7) is 8.82. The van der Waals surface area contributed by atoms with Crippen molar-refractivity contribution in [3.8, 4) is 0 Å². The minimum Gasteiger partial charge on any atom is -0.0895 e. The summed E-state index contributed by atoms with van der Waals surface area (Å²) in [5.41, 5.74) is 5.59. The summed E-state index contributed by atoms with van der Waals surface area (Å²) in [6.07, 6.45) is 0. The molecule has 0 unspecified atom stereocenters. The Morgan fingerprint density at radius 2 is 1.41 bits per heavy atom. The molecule has 1 heteroatoms. The van der Waals surface area contributed by atoms with Gasteiger partial charge in [-0.1, -0.05) is 36.0 Å². The average Bonchev–Trinajstić information content (AvgIpc) is 2.33. The fourth-order valence-corrected chi connectivity index (χ4v) is 3.08. The van der Waals surface area contributed by atoms with Crippen LogP contribution in [0.2, 0.25) is 0 Å². The quantitative estimate of drug-likeness (QED) is 0.708. The summed E-state index contributed by atoms with van der Waals surface area (Å²) in [5.74, 6) is 0. The highest BCUT2D eigenvalue weighted by Gasteiger charge is 2.09. The van der Waals surface area contributed by atoms with Crippen molar-refractivity contribution in [1.82, 2.24) is 0 Å². The van der Waals surface area contributed by atoms with Gasteiger partial charge in [-0.15, -0.1) is 0 Å². The largest absolute Gasteiger partial charge is 0.0895 e. The SMILES string of the molecule is Cc1cc(C)c(Sc2ccccc2)c(C)c1C. The summed E-state index contributed by atoms with van der Waals surface area (Å²) in [7, 11) is 0. The highest BCUT2D eigenvalue weighted by molar-refractivity contribution is 7.99. The first-order valence-electron chi connectivity index (χ1n) is 5.90. The van der Waals surface area contributed by atoms with Gasteiger partial charge in [-0.25, -0.2) is 0 Å². The Morgan fingerprint density at radius 1 is 0.765 bits per heavy atom. The fraction of sp³-hybridized carbons (Fsp3) is 0.250. The molecule has 88 valence electrons. The van der Waals surface area contributed by atoms with Crippen LogP contribution in [-0.2, 0) is 0 Å². The van der Waals surface area contributed by atoms with Crippen molar-refractivity contribution in [1.29, 1.82) is 0 Å². The first kappa shape index (κ1) is 12.3. The normalized spacial score (nSPS) is 10.6. The van der Waals surface area contributed by atoms with E-state index in [0.29, 0.717) is 0 Å². The molecule has 0 aliphatic heterocycles. The van der Waals surface area contributed by atoms with Crippen LogP contribution in [0.1, 0.15) is 22.3 Å². The molecule has 0 amide bonds. The standard InChI is InChI=1S/C16H18S/c1-11-10-12(2)16(14(4)13(11)3)17-15-8-6-5-7-9-15/h5-10H,1-4H3. The lowest BCUT2D eigenvalue weighted by atomic mass is 10.0. The highest BCUT2D eigenvalue weighted by Crippen LogP contribution is 2.35. The van der Waals surface area contributed by atoms with Crippen molar-refractivity contribution in [3.05, 3.63) is 58.7 Å². The van der Waals surface area contributed by atoms with Gasteiger partial charge in [-0.3, -0.25) is 0 Å². The summed E-state index contributed by atoms with van der Waals surface area (Å²) in [6, 6.07) is 12.9. The van der Waals surface area contributed by atoms with Crippen molar-refractivity contribution < 1.29 is 0 Å². The predicted octanol–water partition coefficient (Wildman–Crippen LogP) is 5.07. The second kappa shape index (κ2) is 4.97. The van der Waals surface area contributed by atoms with Gasteiger partial charge in [0.15, 0.2) is 0 Å². The molecule has 0 spiro atoms. The third-order valence-electron chi connectivity index (χ3n) is 3.25. The van der Waals surface area contributed by atoms with Crippen molar-refractivity contribution in [2.24, 2.45) is 0 Å². The molecule has 0 saturated heterocycles. The fourth-order valence-electron chi connectivity index (χ4n) is 2.02. The summed E-state index contributed by atoms with van der Waals surface area (Å²) in [4.78, 5) is 2.71. The zero-order valence-corrected chi connectivity index (χ0v) is 11.7. The van der Waals surface area contributed by atoms with Gasteiger partial charge in [0.2, 0.25) is 0 Å². The summed E-state index contributed by atoms with van der Waals surface area (Å²) < 4.78 is 0. The highest BCUT2D eigenvalue weighted by atomic mass is 32.2. The molecule has 0 saturated carbocycles. The van der Waals surface area contributed by atoms with Crippen molar-refractivity contribution in [2.45, 2.75) is 37.5 Å². The lowest BCUT2D eigenvalue weighted by Crippen LogP contribution is -1.93. The van der Waals surface area contributed by atoms with E-state index in [1.165, 1.54) is 32.0 Å². The lowest BCUT2D eigenvalue weighted by molar-refractivity contribution is 1.13. The van der Waals surface area contributed by atoms with Gasteiger partial charge >= 0.3 is 0 Å². The minimum atomic E-state index is 1.31. The molecule has 0 atom stereocenters. The molecular weight excluding hydrogens is 224 g/mol. The molecule has 0 aliphatic rings. The molecule has 0 aromatic heterocycles. The third kappa shape index (κ3) is 2.55. The van der Waals surface area contributed by atoms with Crippen LogP contribution in [0.15, 0.2) is 46.2 Å². The Kier molecular flexibility index (Phi) is 3.58. The van der Waals surface area contributed by atoms with Crippen LogP contribution in [0.5, 0.6) is 0 Å². The number of benzene rings is 2. The number of hydrogen-bond donors (Lipinski definition) is 0. The van der Waals surface area contributed by atoms with Gasteiger partial charge in [0.05, 0.1) is 0 Å². The van der Waals surface area contributed by atoms with E-state index in [9.17, 15) is 0 Å². The van der Waals surface area contributed by atoms with Crippen LogP contribution in [0.4, 0.5) is 0 Å². The van der Waals surface area contributed by atoms with Gasteiger partial charge in [0.1, 0.15) is 0 Å². The van der Waals surface area contributed by atoms with E-state index in [2.05, 4.69) is 64.1 Å². The molecule has 0 fully saturated rings. The van der Waals surface area contributed by atoms with Gasteiger partial charge in [0.25, 0.3) is 0 Å². The average molecular weight is 242 g/mol. The van der Waals surface area contributed by atoms with E-state index in [1.54, 1.807) is 0 Å². The topological polar surface area (TPSA) is 0 Å².